The summed E-state index contributed by atoms with van der Waals surface area (Å²) in [4.78, 5) is 24.4. The lowest BCUT2D eigenvalue weighted by molar-refractivity contribution is -0.122. The molecule has 1 aromatic heterocycles. The average Bonchev–Trinajstić information content (AvgIpc) is 3.06. The third kappa shape index (κ3) is 5.99. The third-order valence-corrected chi connectivity index (χ3v) is 5.28. The van der Waals surface area contributed by atoms with Crippen molar-refractivity contribution in [3.8, 4) is 0 Å². The van der Waals surface area contributed by atoms with Crippen LogP contribution in [0.2, 0.25) is 0 Å². The highest BCUT2D eigenvalue weighted by molar-refractivity contribution is 5.94. The minimum Gasteiger partial charge on any atom is -0.352 e. The lowest BCUT2D eigenvalue weighted by Crippen LogP contribution is -2.40. The average molecular weight is 384 g/mol. The number of rotatable bonds is 5. The van der Waals surface area contributed by atoms with Crippen LogP contribution in [0.15, 0.2) is 12.4 Å². The fourth-order valence-corrected chi connectivity index (χ4v) is 3.77. The zero-order chi connectivity index (χ0) is 17.6. The molecule has 2 amide bonds. The van der Waals surface area contributed by atoms with Crippen molar-refractivity contribution in [2.75, 3.05) is 0 Å². The van der Waals surface area contributed by atoms with E-state index in [9.17, 15) is 9.59 Å². The molecule has 2 aliphatic carbocycles. The molecule has 4 N–H and O–H groups in total. The minimum absolute atomic E-state index is 0. The Morgan fingerprint density at radius 3 is 2.38 bits per heavy atom. The van der Waals surface area contributed by atoms with Crippen molar-refractivity contribution in [2.45, 2.75) is 82.5 Å². The van der Waals surface area contributed by atoms with Crippen LogP contribution in [0, 0.1) is 0 Å². The van der Waals surface area contributed by atoms with Gasteiger partial charge in [0.25, 0.3) is 5.91 Å². The first-order valence-electron chi connectivity index (χ1n) is 9.48. The van der Waals surface area contributed by atoms with Gasteiger partial charge >= 0.3 is 0 Å². The van der Waals surface area contributed by atoms with Crippen LogP contribution in [0.1, 0.15) is 68.1 Å². The number of amides is 2. The lowest BCUT2D eigenvalue weighted by Gasteiger charge is -2.26. The summed E-state index contributed by atoms with van der Waals surface area (Å²) in [5.74, 6) is -0.164. The largest absolute Gasteiger partial charge is 0.352 e. The number of nitrogens with one attached hydrogen (secondary N) is 2. The number of carbonyl (C=O) groups is 2. The van der Waals surface area contributed by atoms with Gasteiger partial charge in [-0.05, 0) is 38.5 Å². The number of hydrogen-bond donors (Lipinski definition) is 3. The number of carbonyl (C=O) groups excluding carboxylic acids is 2. The van der Waals surface area contributed by atoms with E-state index in [1.54, 1.807) is 6.20 Å². The lowest BCUT2D eigenvalue weighted by atomic mass is 9.92. The molecule has 0 unspecified atom stereocenters. The molecule has 0 spiro atoms. The second kappa shape index (κ2) is 9.92. The summed E-state index contributed by atoms with van der Waals surface area (Å²) in [6.45, 7) is 0.155. The van der Waals surface area contributed by atoms with Crippen LogP contribution < -0.4 is 16.4 Å². The third-order valence-electron chi connectivity index (χ3n) is 5.28. The molecule has 0 radical (unpaired) electrons. The molecule has 0 bridgehead atoms. The van der Waals surface area contributed by atoms with E-state index >= 15 is 0 Å². The standard InChI is InChI=1S/C18H29N5O2.ClH/c19-14-6-8-16(9-7-14)22-18(25)13-10-20-23(11-13)12-17(24)21-15-4-2-1-3-5-15;/h10-11,14-16H,1-9,12,19H2,(H,21,24)(H,22,25);1H. The van der Waals surface area contributed by atoms with E-state index in [0.29, 0.717) is 5.56 Å². The molecule has 7 nitrogen and oxygen atoms in total. The number of nitrogens with zero attached hydrogens (tertiary/aromatic N) is 2. The Morgan fingerprint density at radius 1 is 1.04 bits per heavy atom. The van der Waals surface area contributed by atoms with Crippen molar-refractivity contribution in [1.82, 2.24) is 20.4 Å². The molecular weight excluding hydrogens is 354 g/mol. The highest BCUT2D eigenvalue weighted by atomic mass is 35.5. The van der Waals surface area contributed by atoms with Gasteiger partial charge in [0.15, 0.2) is 0 Å². The van der Waals surface area contributed by atoms with Gasteiger partial charge in [-0.3, -0.25) is 14.3 Å². The van der Waals surface area contributed by atoms with Crippen LogP contribution in [0.5, 0.6) is 0 Å². The smallest absolute Gasteiger partial charge is 0.254 e. The van der Waals surface area contributed by atoms with Gasteiger partial charge in [0.1, 0.15) is 6.54 Å². The highest BCUT2D eigenvalue weighted by Crippen LogP contribution is 2.18. The summed E-state index contributed by atoms with van der Waals surface area (Å²) in [7, 11) is 0. The van der Waals surface area contributed by atoms with Crippen molar-refractivity contribution in [3.63, 3.8) is 0 Å². The van der Waals surface area contributed by atoms with E-state index in [1.807, 2.05) is 0 Å². The first kappa shape index (κ1) is 20.7. The summed E-state index contributed by atoms with van der Waals surface area (Å²) in [5, 5.41) is 10.3. The monoisotopic (exact) mass is 383 g/mol. The van der Waals surface area contributed by atoms with Crippen LogP contribution in [-0.2, 0) is 11.3 Å². The molecule has 1 heterocycles. The first-order chi connectivity index (χ1) is 12.1. The molecule has 0 aliphatic heterocycles. The van der Waals surface area contributed by atoms with Crippen LogP contribution in [0.3, 0.4) is 0 Å². The van der Waals surface area contributed by atoms with Gasteiger partial charge in [-0.1, -0.05) is 19.3 Å². The molecule has 26 heavy (non-hydrogen) atoms. The maximum Gasteiger partial charge on any atom is 0.254 e. The second-order valence-corrected chi connectivity index (χ2v) is 7.41. The molecule has 2 fully saturated rings. The Bertz CT molecular complexity index is 592. The van der Waals surface area contributed by atoms with Gasteiger partial charge in [-0.2, -0.15) is 5.10 Å². The van der Waals surface area contributed by atoms with E-state index in [2.05, 4.69) is 15.7 Å². The van der Waals surface area contributed by atoms with E-state index < -0.39 is 0 Å². The Hall–Kier alpha value is -1.60. The molecule has 3 rings (SSSR count). The summed E-state index contributed by atoms with van der Waals surface area (Å²) in [6.07, 6.45) is 12.7. The summed E-state index contributed by atoms with van der Waals surface area (Å²) < 4.78 is 1.53. The normalized spacial score (nSPS) is 23.7. The minimum atomic E-state index is -0.126. The Kier molecular flexibility index (Phi) is 7.90. The van der Waals surface area contributed by atoms with Crippen molar-refractivity contribution < 1.29 is 9.59 Å². The molecule has 0 atom stereocenters. The number of nitrogens with two attached hydrogens (primary N) is 1. The van der Waals surface area contributed by atoms with E-state index in [1.165, 1.54) is 30.1 Å². The van der Waals surface area contributed by atoms with Gasteiger partial charge in [0.05, 0.1) is 11.8 Å². The van der Waals surface area contributed by atoms with Crippen molar-refractivity contribution in [2.24, 2.45) is 5.73 Å². The van der Waals surface area contributed by atoms with E-state index in [4.69, 9.17) is 5.73 Å². The molecule has 1 aromatic rings. The van der Waals surface area contributed by atoms with Gasteiger partial charge in [-0.25, -0.2) is 0 Å². The molecule has 0 aromatic carbocycles. The Balaban J connectivity index is 0.00000243. The van der Waals surface area contributed by atoms with Crippen LogP contribution in [-0.4, -0.2) is 39.7 Å². The Morgan fingerprint density at radius 2 is 1.69 bits per heavy atom. The number of aromatic nitrogens is 2. The maximum atomic E-state index is 12.3. The predicted molar refractivity (Wildman–Crippen MR) is 102 cm³/mol. The maximum absolute atomic E-state index is 12.3. The zero-order valence-corrected chi connectivity index (χ0v) is 16.0. The van der Waals surface area contributed by atoms with Crippen molar-refractivity contribution in [1.29, 1.82) is 0 Å². The first-order valence-corrected chi connectivity index (χ1v) is 9.48. The summed E-state index contributed by atoms with van der Waals surface area (Å²) in [6, 6.07) is 0.737. The molecule has 8 heteroatoms. The van der Waals surface area contributed by atoms with Crippen LogP contribution >= 0.6 is 12.4 Å². The SMILES string of the molecule is Cl.NC1CCC(NC(=O)c2cnn(CC(=O)NC3CCCCC3)c2)CC1. The fraction of sp³-hybridized carbons (Fsp3) is 0.722. The molecule has 2 aliphatic rings. The quantitative estimate of drug-likeness (QED) is 0.720. The fourth-order valence-electron chi connectivity index (χ4n) is 3.77. The number of halogens is 1. The zero-order valence-electron chi connectivity index (χ0n) is 15.2. The predicted octanol–water partition coefficient (Wildman–Crippen LogP) is 1.75. The van der Waals surface area contributed by atoms with E-state index in [-0.39, 0.29) is 48.9 Å². The summed E-state index contributed by atoms with van der Waals surface area (Å²) in [5.41, 5.74) is 6.39. The van der Waals surface area contributed by atoms with Gasteiger partial charge in [0.2, 0.25) is 5.91 Å². The van der Waals surface area contributed by atoms with Crippen LogP contribution in [0.25, 0.3) is 0 Å². The Labute approximate surface area is 160 Å². The van der Waals surface area contributed by atoms with Gasteiger partial charge in [0, 0.05) is 24.3 Å². The van der Waals surface area contributed by atoms with Crippen molar-refractivity contribution in [3.05, 3.63) is 18.0 Å². The second-order valence-electron chi connectivity index (χ2n) is 7.41. The van der Waals surface area contributed by atoms with Crippen molar-refractivity contribution >= 4 is 24.2 Å². The molecule has 2 saturated carbocycles. The van der Waals surface area contributed by atoms with Crippen LogP contribution in [0.4, 0.5) is 0 Å². The van der Waals surface area contributed by atoms with E-state index in [0.717, 1.165) is 38.5 Å². The molecular formula is C18H30ClN5O2. The molecule has 0 saturated heterocycles. The topological polar surface area (TPSA) is 102 Å². The van der Waals surface area contributed by atoms with Gasteiger partial charge < -0.3 is 16.4 Å². The number of hydrogen-bond acceptors (Lipinski definition) is 4. The summed E-state index contributed by atoms with van der Waals surface area (Å²) >= 11 is 0. The molecule has 146 valence electrons. The van der Waals surface area contributed by atoms with Gasteiger partial charge in [-0.15, -0.1) is 12.4 Å². The highest BCUT2D eigenvalue weighted by Gasteiger charge is 2.21.